The van der Waals surface area contributed by atoms with E-state index >= 15 is 0 Å². The highest BCUT2D eigenvalue weighted by molar-refractivity contribution is 5.96. The molecule has 2 rings (SSSR count). The second-order valence-electron chi connectivity index (χ2n) is 5.35. The standard InChI is InChI=1S/C15H21N5O/c1-18(2)14-6-5-12(7-13(14)16)15(21)19(3)9-11-8-17-20(4)10-11/h5-8,10H,9,16H2,1-4H3. The summed E-state index contributed by atoms with van der Waals surface area (Å²) in [6.07, 6.45) is 3.65. The maximum atomic E-state index is 12.4. The lowest BCUT2D eigenvalue weighted by atomic mass is 10.1. The number of amides is 1. The van der Waals surface area contributed by atoms with Crippen LogP contribution < -0.4 is 10.6 Å². The lowest BCUT2D eigenvalue weighted by Gasteiger charge is -2.19. The van der Waals surface area contributed by atoms with Crippen LogP contribution in [0.3, 0.4) is 0 Å². The van der Waals surface area contributed by atoms with Gasteiger partial charge < -0.3 is 15.5 Å². The molecule has 2 N–H and O–H groups in total. The lowest BCUT2D eigenvalue weighted by Crippen LogP contribution is -2.26. The molecule has 1 aromatic carbocycles. The van der Waals surface area contributed by atoms with Gasteiger partial charge in [0.05, 0.1) is 17.6 Å². The predicted octanol–water partition coefficient (Wildman–Crippen LogP) is 1.34. The molecule has 0 bridgehead atoms. The van der Waals surface area contributed by atoms with Gasteiger partial charge >= 0.3 is 0 Å². The third kappa shape index (κ3) is 3.34. The first-order valence-corrected chi connectivity index (χ1v) is 6.68. The molecule has 112 valence electrons. The third-order valence-corrected chi connectivity index (χ3v) is 3.28. The number of nitrogens with zero attached hydrogens (tertiary/aromatic N) is 4. The normalized spacial score (nSPS) is 10.5. The molecule has 0 aliphatic heterocycles. The highest BCUT2D eigenvalue weighted by Gasteiger charge is 2.14. The first-order chi connectivity index (χ1) is 9.88. The molecule has 0 spiro atoms. The molecular weight excluding hydrogens is 266 g/mol. The fraction of sp³-hybridized carbons (Fsp3) is 0.333. The molecule has 1 heterocycles. The Balaban J connectivity index is 2.14. The van der Waals surface area contributed by atoms with E-state index in [9.17, 15) is 4.79 Å². The van der Waals surface area contributed by atoms with Crippen LogP contribution in [0.25, 0.3) is 0 Å². The number of nitrogens with two attached hydrogens (primary N) is 1. The zero-order valence-electron chi connectivity index (χ0n) is 12.9. The Hall–Kier alpha value is -2.50. The summed E-state index contributed by atoms with van der Waals surface area (Å²) in [7, 11) is 7.46. The van der Waals surface area contributed by atoms with Gasteiger partial charge in [0.25, 0.3) is 5.91 Å². The van der Waals surface area contributed by atoms with E-state index in [0.29, 0.717) is 17.8 Å². The molecule has 0 aliphatic carbocycles. The molecule has 2 aromatic rings. The fourth-order valence-electron chi connectivity index (χ4n) is 2.21. The van der Waals surface area contributed by atoms with Gasteiger partial charge in [0.1, 0.15) is 0 Å². The van der Waals surface area contributed by atoms with Gasteiger partial charge in [-0.05, 0) is 18.2 Å². The number of hydrogen-bond donors (Lipinski definition) is 1. The van der Waals surface area contributed by atoms with Crippen LogP contribution in [0, 0.1) is 0 Å². The van der Waals surface area contributed by atoms with Crippen LogP contribution in [-0.2, 0) is 13.6 Å². The van der Waals surface area contributed by atoms with Crippen molar-refractivity contribution in [2.24, 2.45) is 7.05 Å². The molecular formula is C15H21N5O. The van der Waals surface area contributed by atoms with Crippen molar-refractivity contribution >= 4 is 17.3 Å². The molecule has 0 radical (unpaired) electrons. The number of hydrogen-bond acceptors (Lipinski definition) is 4. The minimum atomic E-state index is -0.0594. The highest BCUT2D eigenvalue weighted by Crippen LogP contribution is 2.23. The van der Waals surface area contributed by atoms with Crippen molar-refractivity contribution in [3.63, 3.8) is 0 Å². The minimum absolute atomic E-state index is 0.0594. The van der Waals surface area contributed by atoms with E-state index in [0.717, 1.165) is 11.3 Å². The molecule has 0 saturated heterocycles. The van der Waals surface area contributed by atoms with Crippen LogP contribution in [0.4, 0.5) is 11.4 Å². The van der Waals surface area contributed by atoms with Crippen molar-refractivity contribution in [3.8, 4) is 0 Å². The SMILES string of the molecule is CN(Cc1cnn(C)c1)C(=O)c1ccc(N(C)C)c(N)c1. The molecule has 6 nitrogen and oxygen atoms in total. The average Bonchev–Trinajstić information content (AvgIpc) is 2.82. The van der Waals surface area contributed by atoms with Gasteiger partial charge in [-0.25, -0.2) is 0 Å². The molecule has 0 saturated carbocycles. The monoisotopic (exact) mass is 287 g/mol. The lowest BCUT2D eigenvalue weighted by molar-refractivity contribution is 0.0785. The zero-order valence-corrected chi connectivity index (χ0v) is 12.9. The number of anilines is 2. The molecule has 21 heavy (non-hydrogen) atoms. The van der Waals surface area contributed by atoms with E-state index < -0.39 is 0 Å². The molecule has 0 atom stereocenters. The van der Waals surface area contributed by atoms with Crippen LogP contribution in [0.2, 0.25) is 0 Å². The zero-order chi connectivity index (χ0) is 15.6. The van der Waals surface area contributed by atoms with Gasteiger partial charge in [-0.15, -0.1) is 0 Å². The number of benzene rings is 1. The van der Waals surface area contributed by atoms with Crippen LogP contribution in [-0.4, -0.2) is 41.7 Å². The van der Waals surface area contributed by atoms with E-state index in [1.54, 1.807) is 35.0 Å². The smallest absolute Gasteiger partial charge is 0.253 e. The maximum Gasteiger partial charge on any atom is 0.253 e. The second kappa shape index (κ2) is 5.87. The highest BCUT2D eigenvalue weighted by atomic mass is 16.2. The summed E-state index contributed by atoms with van der Waals surface area (Å²) in [5.74, 6) is -0.0594. The quantitative estimate of drug-likeness (QED) is 0.862. The van der Waals surface area contributed by atoms with Gasteiger partial charge in [-0.3, -0.25) is 9.48 Å². The van der Waals surface area contributed by atoms with Crippen molar-refractivity contribution in [2.75, 3.05) is 31.8 Å². The summed E-state index contributed by atoms with van der Waals surface area (Å²) < 4.78 is 1.72. The first-order valence-electron chi connectivity index (χ1n) is 6.68. The number of aryl methyl sites for hydroxylation is 1. The number of carbonyl (C=O) groups excluding carboxylic acids is 1. The van der Waals surface area contributed by atoms with Crippen LogP contribution in [0.5, 0.6) is 0 Å². The van der Waals surface area contributed by atoms with E-state index in [4.69, 9.17) is 5.73 Å². The number of nitrogen functional groups attached to an aromatic ring is 1. The molecule has 0 unspecified atom stereocenters. The molecule has 0 fully saturated rings. The Morgan fingerprint density at radius 2 is 2.05 bits per heavy atom. The summed E-state index contributed by atoms with van der Waals surface area (Å²) >= 11 is 0. The minimum Gasteiger partial charge on any atom is -0.397 e. The van der Waals surface area contributed by atoms with Gasteiger partial charge in [-0.1, -0.05) is 0 Å². The van der Waals surface area contributed by atoms with Gasteiger partial charge in [0.15, 0.2) is 0 Å². The van der Waals surface area contributed by atoms with Crippen LogP contribution >= 0.6 is 0 Å². The fourth-order valence-corrected chi connectivity index (χ4v) is 2.21. The molecule has 0 aliphatic rings. The predicted molar refractivity (Wildman–Crippen MR) is 84.2 cm³/mol. The maximum absolute atomic E-state index is 12.4. The van der Waals surface area contributed by atoms with Gasteiger partial charge in [0, 0.05) is 52.1 Å². The summed E-state index contributed by atoms with van der Waals surface area (Å²) in [6.45, 7) is 0.516. The first kappa shape index (κ1) is 14.9. The summed E-state index contributed by atoms with van der Waals surface area (Å²) in [5.41, 5.74) is 9.07. The topological polar surface area (TPSA) is 67.4 Å². The van der Waals surface area contributed by atoms with Crippen molar-refractivity contribution in [1.82, 2.24) is 14.7 Å². The van der Waals surface area contributed by atoms with Crippen molar-refractivity contribution < 1.29 is 4.79 Å². The van der Waals surface area contributed by atoms with E-state index in [1.165, 1.54) is 0 Å². The van der Waals surface area contributed by atoms with Crippen molar-refractivity contribution in [3.05, 3.63) is 41.7 Å². The van der Waals surface area contributed by atoms with Gasteiger partial charge in [0.2, 0.25) is 0 Å². The Morgan fingerprint density at radius 1 is 1.33 bits per heavy atom. The van der Waals surface area contributed by atoms with E-state index in [-0.39, 0.29) is 5.91 Å². The van der Waals surface area contributed by atoms with Crippen molar-refractivity contribution in [2.45, 2.75) is 6.54 Å². The summed E-state index contributed by atoms with van der Waals surface area (Å²) in [4.78, 5) is 16.0. The number of aromatic nitrogens is 2. The second-order valence-corrected chi connectivity index (χ2v) is 5.35. The van der Waals surface area contributed by atoms with E-state index in [2.05, 4.69) is 5.10 Å². The Bertz CT molecular complexity index is 647. The molecule has 1 aromatic heterocycles. The third-order valence-electron chi connectivity index (χ3n) is 3.28. The van der Waals surface area contributed by atoms with Crippen LogP contribution in [0.15, 0.2) is 30.6 Å². The number of rotatable bonds is 4. The number of carbonyl (C=O) groups is 1. The molecule has 1 amide bonds. The van der Waals surface area contributed by atoms with E-state index in [1.807, 2.05) is 38.3 Å². The van der Waals surface area contributed by atoms with Crippen LogP contribution in [0.1, 0.15) is 15.9 Å². The summed E-state index contributed by atoms with van der Waals surface area (Å²) in [5, 5.41) is 4.10. The Labute approximate surface area is 124 Å². The van der Waals surface area contributed by atoms with Gasteiger partial charge in [-0.2, -0.15) is 5.10 Å². The largest absolute Gasteiger partial charge is 0.397 e. The summed E-state index contributed by atoms with van der Waals surface area (Å²) in [6, 6.07) is 5.38. The average molecular weight is 287 g/mol. The van der Waals surface area contributed by atoms with Crippen molar-refractivity contribution in [1.29, 1.82) is 0 Å². The Kier molecular flexibility index (Phi) is 4.16. The Morgan fingerprint density at radius 3 is 2.57 bits per heavy atom. The molecule has 6 heteroatoms.